The van der Waals surface area contributed by atoms with Gasteiger partial charge in [-0.25, -0.2) is 4.98 Å². The maximum atomic E-state index is 13.3. The fourth-order valence-electron chi connectivity index (χ4n) is 6.93. The molecule has 35 heavy (non-hydrogen) atoms. The highest BCUT2D eigenvalue weighted by atomic mass is 16.2. The number of hydrogen-bond donors (Lipinski definition) is 3. The summed E-state index contributed by atoms with van der Waals surface area (Å²) in [6, 6.07) is 11.0. The van der Waals surface area contributed by atoms with Gasteiger partial charge in [0.1, 0.15) is 17.2 Å². The first-order valence-electron chi connectivity index (χ1n) is 12.8. The van der Waals surface area contributed by atoms with E-state index in [2.05, 4.69) is 44.9 Å². The number of nitrogens with zero attached hydrogens (tertiary/aromatic N) is 3. The zero-order valence-corrected chi connectivity index (χ0v) is 20.7. The second kappa shape index (κ2) is 9.57. The molecule has 0 aliphatic heterocycles. The van der Waals surface area contributed by atoms with Gasteiger partial charge in [0.05, 0.1) is 0 Å². The van der Waals surface area contributed by atoms with Gasteiger partial charge < -0.3 is 20.9 Å². The number of anilines is 1. The molecule has 2 aromatic rings. The van der Waals surface area contributed by atoms with Crippen LogP contribution in [0.25, 0.3) is 0 Å². The van der Waals surface area contributed by atoms with E-state index < -0.39 is 0 Å². The molecule has 0 saturated heterocycles. The standard InChI is InChI=1S/C27H36N6O2/c1-33(2)12-6-11-29-23-9-5-8-22(30-23)25(35)32-27-16-19-13-20(17-27)15-26(14-19,18-27)31-24(34)21-7-3-4-10-28-21/h3-5,7-10,19-20H,6,11-18H2,1-2H3,(H,29,30)(H,31,34)(H,32,35). The van der Waals surface area contributed by atoms with E-state index in [1.165, 1.54) is 6.42 Å². The van der Waals surface area contributed by atoms with Crippen LogP contribution in [0.5, 0.6) is 0 Å². The fourth-order valence-corrected chi connectivity index (χ4v) is 6.93. The molecule has 8 heteroatoms. The van der Waals surface area contributed by atoms with Gasteiger partial charge in [-0.3, -0.25) is 14.6 Å². The summed E-state index contributed by atoms with van der Waals surface area (Å²) < 4.78 is 0. The van der Waals surface area contributed by atoms with E-state index in [0.717, 1.165) is 57.4 Å². The second-order valence-corrected chi connectivity index (χ2v) is 11.1. The van der Waals surface area contributed by atoms with Crippen molar-refractivity contribution in [1.29, 1.82) is 0 Å². The highest BCUT2D eigenvalue weighted by molar-refractivity contribution is 5.94. The minimum absolute atomic E-state index is 0.122. The Morgan fingerprint density at radius 1 is 0.943 bits per heavy atom. The maximum absolute atomic E-state index is 13.3. The van der Waals surface area contributed by atoms with Gasteiger partial charge >= 0.3 is 0 Å². The molecule has 3 N–H and O–H groups in total. The number of amides is 2. The van der Waals surface area contributed by atoms with Crippen molar-refractivity contribution >= 4 is 17.6 Å². The van der Waals surface area contributed by atoms with E-state index in [4.69, 9.17) is 0 Å². The molecule has 0 radical (unpaired) electrons. The van der Waals surface area contributed by atoms with Crippen LogP contribution in [0.15, 0.2) is 42.6 Å². The summed E-state index contributed by atoms with van der Waals surface area (Å²) in [5, 5.41) is 10.1. The summed E-state index contributed by atoms with van der Waals surface area (Å²) >= 11 is 0. The third-order valence-corrected chi connectivity index (χ3v) is 7.79. The summed E-state index contributed by atoms with van der Waals surface area (Å²) in [5.41, 5.74) is 0.301. The monoisotopic (exact) mass is 476 g/mol. The van der Waals surface area contributed by atoms with E-state index >= 15 is 0 Å². The molecule has 2 aromatic heterocycles. The van der Waals surface area contributed by atoms with Crippen LogP contribution in [0.2, 0.25) is 0 Å². The zero-order valence-electron chi connectivity index (χ0n) is 20.7. The van der Waals surface area contributed by atoms with Crippen LogP contribution >= 0.6 is 0 Å². The lowest BCUT2D eigenvalue weighted by atomic mass is 9.49. The minimum Gasteiger partial charge on any atom is -0.370 e. The second-order valence-electron chi connectivity index (χ2n) is 11.1. The number of hydrogen-bond acceptors (Lipinski definition) is 6. The molecule has 2 amide bonds. The molecule has 0 aromatic carbocycles. The van der Waals surface area contributed by atoms with Crippen LogP contribution in [-0.4, -0.2) is 64.9 Å². The number of carbonyl (C=O) groups excluding carboxylic acids is 2. The Hall–Kier alpha value is -3.00. The average Bonchev–Trinajstić information content (AvgIpc) is 2.81. The minimum atomic E-state index is -0.296. The predicted octanol–water partition coefficient (Wildman–Crippen LogP) is 3.09. The number of carbonyl (C=O) groups is 2. The Balaban J connectivity index is 1.27. The van der Waals surface area contributed by atoms with Crippen LogP contribution in [0.4, 0.5) is 5.82 Å². The van der Waals surface area contributed by atoms with Crippen LogP contribution < -0.4 is 16.0 Å². The average molecular weight is 477 g/mol. The van der Waals surface area contributed by atoms with Crippen molar-refractivity contribution < 1.29 is 9.59 Å². The summed E-state index contributed by atoms with van der Waals surface area (Å²) in [6.07, 6.45) is 8.49. The van der Waals surface area contributed by atoms with Gasteiger partial charge in [-0.05, 0) is 102 Å². The topological polar surface area (TPSA) is 99.2 Å². The van der Waals surface area contributed by atoms with E-state index in [-0.39, 0.29) is 22.9 Å². The molecule has 4 aliphatic carbocycles. The lowest BCUT2D eigenvalue weighted by Crippen LogP contribution is -2.69. The van der Waals surface area contributed by atoms with Crippen LogP contribution in [-0.2, 0) is 0 Å². The summed E-state index contributed by atoms with van der Waals surface area (Å²) in [7, 11) is 4.11. The molecule has 4 saturated carbocycles. The molecule has 2 unspecified atom stereocenters. The molecule has 2 heterocycles. The summed E-state index contributed by atoms with van der Waals surface area (Å²) in [5.74, 6) is 1.50. The molecular formula is C27H36N6O2. The van der Waals surface area contributed by atoms with E-state index in [9.17, 15) is 9.59 Å². The van der Waals surface area contributed by atoms with Crippen LogP contribution in [0.1, 0.15) is 65.9 Å². The Morgan fingerprint density at radius 2 is 1.60 bits per heavy atom. The SMILES string of the molecule is CN(C)CCCNc1cccc(C(=O)NC23CC4CC(CC(NC(=O)c5ccccn5)(C4)C2)C3)n1. The molecule has 2 atom stereocenters. The number of rotatable bonds is 9. The molecule has 186 valence electrons. The van der Waals surface area contributed by atoms with Crippen LogP contribution in [0.3, 0.4) is 0 Å². The van der Waals surface area contributed by atoms with Gasteiger partial charge in [-0.15, -0.1) is 0 Å². The van der Waals surface area contributed by atoms with Gasteiger partial charge in [0.25, 0.3) is 11.8 Å². The molecule has 0 spiro atoms. The molecule has 4 fully saturated rings. The van der Waals surface area contributed by atoms with E-state index in [1.54, 1.807) is 18.3 Å². The zero-order chi connectivity index (χ0) is 24.5. The summed E-state index contributed by atoms with van der Waals surface area (Å²) in [4.78, 5) is 37.3. The third-order valence-electron chi connectivity index (χ3n) is 7.79. The van der Waals surface area contributed by atoms with Gasteiger partial charge in [-0.1, -0.05) is 12.1 Å². The predicted molar refractivity (Wildman–Crippen MR) is 135 cm³/mol. The lowest BCUT2D eigenvalue weighted by molar-refractivity contribution is -0.0449. The van der Waals surface area contributed by atoms with Crippen molar-refractivity contribution in [2.75, 3.05) is 32.5 Å². The Kier molecular flexibility index (Phi) is 6.49. The highest BCUT2D eigenvalue weighted by Crippen LogP contribution is 2.57. The summed E-state index contributed by atoms with van der Waals surface area (Å²) in [6.45, 7) is 1.80. The Bertz CT molecular complexity index is 1060. The van der Waals surface area contributed by atoms with Gasteiger partial charge in [-0.2, -0.15) is 0 Å². The van der Waals surface area contributed by atoms with Gasteiger partial charge in [0.15, 0.2) is 0 Å². The van der Waals surface area contributed by atoms with Crippen molar-refractivity contribution in [1.82, 2.24) is 25.5 Å². The fraction of sp³-hybridized carbons (Fsp3) is 0.556. The van der Waals surface area contributed by atoms with Crippen molar-refractivity contribution in [3.05, 3.63) is 54.0 Å². The van der Waals surface area contributed by atoms with Crippen molar-refractivity contribution in [3.63, 3.8) is 0 Å². The maximum Gasteiger partial charge on any atom is 0.270 e. The number of aromatic nitrogens is 2. The van der Waals surface area contributed by atoms with Crippen LogP contribution in [0, 0.1) is 11.8 Å². The quantitative estimate of drug-likeness (QED) is 0.481. The first-order chi connectivity index (χ1) is 16.8. The van der Waals surface area contributed by atoms with Gasteiger partial charge in [0.2, 0.25) is 0 Å². The molecule has 8 nitrogen and oxygen atoms in total. The largest absolute Gasteiger partial charge is 0.370 e. The lowest BCUT2D eigenvalue weighted by Gasteiger charge is -2.62. The number of pyridine rings is 2. The Morgan fingerprint density at radius 3 is 2.23 bits per heavy atom. The van der Waals surface area contributed by atoms with Crippen molar-refractivity contribution in [2.24, 2.45) is 11.8 Å². The first kappa shape index (κ1) is 23.7. The molecule has 4 aliphatic rings. The number of nitrogens with one attached hydrogen (secondary N) is 3. The van der Waals surface area contributed by atoms with E-state index in [1.807, 2.05) is 24.3 Å². The van der Waals surface area contributed by atoms with Gasteiger partial charge in [0, 0.05) is 23.8 Å². The first-order valence-corrected chi connectivity index (χ1v) is 12.8. The smallest absolute Gasteiger partial charge is 0.270 e. The Labute approximate surface area is 207 Å². The van der Waals surface area contributed by atoms with E-state index in [0.29, 0.717) is 23.2 Å². The normalized spacial score (nSPS) is 28.7. The van der Waals surface area contributed by atoms with Crippen molar-refractivity contribution in [2.45, 2.75) is 56.0 Å². The third kappa shape index (κ3) is 5.32. The molecule has 6 rings (SSSR count). The van der Waals surface area contributed by atoms with Crippen molar-refractivity contribution in [3.8, 4) is 0 Å². The molecular weight excluding hydrogens is 440 g/mol. The molecule has 4 bridgehead atoms. The highest BCUT2D eigenvalue weighted by Gasteiger charge is 2.58.